The normalized spacial score (nSPS) is 12.0. The molecule has 0 aliphatic carbocycles. The Labute approximate surface area is 161 Å². The van der Waals surface area contributed by atoms with E-state index in [0.29, 0.717) is 18.7 Å². The third-order valence-electron chi connectivity index (χ3n) is 3.65. The molecule has 1 aromatic rings. The molecule has 0 unspecified atom stereocenters. The van der Waals surface area contributed by atoms with Crippen molar-refractivity contribution in [3.8, 4) is 0 Å². The van der Waals surface area contributed by atoms with Crippen LogP contribution in [0.1, 0.15) is 52.7 Å². The smallest absolute Gasteiger partial charge is 0.407 e. The zero-order valence-corrected chi connectivity index (χ0v) is 16.8. The fourth-order valence-electron chi connectivity index (χ4n) is 2.36. The molecule has 27 heavy (non-hydrogen) atoms. The first-order valence-electron chi connectivity index (χ1n) is 9.18. The first kappa shape index (κ1) is 22.5. The van der Waals surface area contributed by atoms with Crippen molar-refractivity contribution in [3.63, 3.8) is 0 Å². The summed E-state index contributed by atoms with van der Waals surface area (Å²) in [6, 6.07) is 8.90. The number of likely N-dealkylation sites (N-methyl/N-ethyl adjacent to an activating group) is 1. The fraction of sp³-hybridized carbons (Fsp3) is 0.550. The van der Waals surface area contributed by atoms with E-state index in [1.807, 2.05) is 19.9 Å². The lowest BCUT2D eigenvalue weighted by molar-refractivity contribution is -0.160. The van der Waals surface area contributed by atoms with E-state index in [1.165, 1.54) is 0 Å². The maximum atomic E-state index is 12.7. The van der Waals surface area contributed by atoms with Gasteiger partial charge in [-0.1, -0.05) is 30.3 Å². The summed E-state index contributed by atoms with van der Waals surface area (Å²) < 4.78 is 10.5. The molecule has 0 spiro atoms. The topological polar surface area (TPSA) is 84.9 Å². The van der Waals surface area contributed by atoms with Gasteiger partial charge in [0, 0.05) is 25.2 Å². The van der Waals surface area contributed by atoms with Crippen LogP contribution in [-0.4, -0.2) is 48.1 Å². The van der Waals surface area contributed by atoms with Gasteiger partial charge in [0.05, 0.1) is 6.42 Å². The van der Waals surface area contributed by atoms with Crippen LogP contribution < -0.4 is 5.32 Å². The molecule has 1 rings (SSSR count). The highest BCUT2D eigenvalue weighted by Crippen LogP contribution is 2.21. The molecule has 0 saturated carbocycles. The van der Waals surface area contributed by atoms with Gasteiger partial charge in [-0.15, -0.1) is 0 Å². The number of hydrogen-bond acceptors (Lipinski definition) is 5. The third kappa shape index (κ3) is 8.11. The molecule has 0 aromatic heterocycles. The maximum absolute atomic E-state index is 12.7. The zero-order valence-electron chi connectivity index (χ0n) is 16.8. The second-order valence-corrected chi connectivity index (χ2v) is 6.97. The van der Waals surface area contributed by atoms with Crippen molar-refractivity contribution < 1.29 is 23.9 Å². The molecule has 0 bridgehead atoms. The lowest BCUT2D eigenvalue weighted by Gasteiger charge is -2.25. The number of benzene rings is 1. The number of carbonyl (C=O) groups excluding carboxylic acids is 3. The van der Waals surface area contributed by atoms with E-state index < -0.39 is 23.8 Å². The molecule has 1 atom stereocenters. The van der Waals surface area contributed by atoms with Gasteiger partial charge in [-0.3, -0.25) is 9.59 Å². The van der Waals surface area contributed by atoms with Gasteiger partial charge in [0.15, 0.2) is 0 Å². The number of alkyl carbamates (subject to hydrolysis) is 1. The summed E-state index contributed by atoms with van der Waals surface area (Å²) in [6.07, 6.45) is -1.66. The van der Waals surface area contributed by atoms with E-state index in [9.17, 15) is 14.4 Å². The highest BCUT2D eigenvalue weighted by molar-refractivity contribution is 5.85. The van der Waals surface area contributed by atoms with E-state index >= 15 is 0 Å². The molecule has 0 aliphatic rings. The first-order chi connectivity index (χ1) is 12.7. The predicted octanol–water partition coefficient (Wildman–Crippen LogP) is 3.05. The number of carbonyl (C=O) groups is 3. The first-order valence-corrected chi connectivity index (χ1v) is 9.18. The van der Waals surface area contributed by atoms with Crippen molar-refractivity contribution in [1.29, 1.82) is 0 Å². The van der Waals surface area contributed by atoms with Crippen molar-refractivity contribution in [2.24, 2.45) is 0 Å². The van der Waals surface area contributed by atoms with Crippen molar-refractivity contribution in [1.82, 2.24) is 10.2 Å². The average molecular weight is 378 g/mol. The average Bonchev–Trinajstić information content (AvgIpc) is 2.59. The SMILES string of the molecule is CCN(CC)C(=O)[C@@H](OC(=O)CCNC(=O)OC(C)(C)C)c1ccccc1. The van der Waals surface area contributed by atoms with Crippen molar-refractivity contribution in [2.45, 2.75) is 52.7 Å². The van der Waals surface area contributed by atoms with Crippen LogP contribution in [0.2, 0.25) is 0 Å². The monoisotopic (exact) mass is 378 g/mol. The Morgan fingerprint density at radius 1 is 1.07 bits per heavy atom. The minimum Gasteiger partial charge on any atom is -0.447 e. The largest absolute Gasteiger partial charge is 0.447 e. The number of rotatable bonds is 8. The van der Waals surface area contributed by atoms with Gasteiger partial charge in [-0.2, -0.15) is 0 Å². The molecular formula is C20H30N2O5. The Balaban J connectivity index is 2.69. The van der Waals surface area contributed by atoms with E-state index in [2.05, 4.69) is 5.32 Å². The minimum absolute atomic E-state index is 0.0614. The van der Waals surface area contributed by atoms with Crippen LogP contribution in [0.15, 0.2) is 30.3 Å². The number of nitrogens with zero attached hydrogens (tertiary/aromatic N) is 1. The Kier molecular flexibility index (Phi) is 8.78. The number of ether oxygens (including phenoxy) is 2. The summed E-state index contributed by atoms with van der Waals surface area (Å²) in [5, 5.41) is 2.50. The van der Waals surface area contributed by atoms with E-state index in [4.69, 9.17) is 9.47 Å². The van der Waals surface area contributed by atoms with Crippen LogP contribution in [0.4, 0.5) is 4.79 Å². The number of amides is 2. The molecule has 0 aliphatic heterocycles. The van der Waals surface area contributed by atoms with E-state index in [-0.39, 0.29) is 18.9 Å². The number of nitrogens with one attached hydrogen (secondary N) is 1. The summed E-state index contributed by atoms with van der Waals surface area (Å²) in [7, 11) is 0. The van der Waals surface area contributed by atoms with Gasteiger partial charge in [0.25, 0.3) is 5.91 Å². The summed E-state index contributed by atoms with van der Waals surface area (Å²) >= 11 is 0. The molecule has 1 N–H and O–H groups in total. The summed E-state index contributed by atoms with van der Waals surface area (Å²) in [5.74, 6) is -0.833. The molecule has 1 aromatic carbocycles. The van der Waals surface area contributed by atoms with Crippen molar-refractivity contribution in [2.75, 3.05) is 19.6 Å². The standard InChI is InChI=1S/C20H30N2O5/c1-6-22(7-2)18(24)17(15-11-9-8-10-12-15)26-16(23)13-14-21-19(25)27-20(3,4)5/h8-12,17H,6-7,13-14H2,1-5H3,(H,21,25)/t17-/m0/s1. The predicted molar refractivity (Wildman–Crippen MR) is 102 cm³/mol. The third-order valence-corrected chi connectivity index (χ3v) is 3.65. The molecule has 0 saturated heterocycles. The lowest BCUT2D eigenvalue weighted by atomic mass is 10.1. The lowest BCUT2D eigenvalue weighted by Crippen LogP contribution is -2.37. The molecular weight excluding hydrogens is 348 g/mol. The van der Waals surface area contributed by atoms with Gasteiger partial charge in [-0.05, 0) is 34.6 Å². The molecule has 7 nitrogen and oxygen atoms in total. The van der Waals surface area contributed by atoms with Gasteiger partial charge in [0.2, 0.25) is 6.10 Å². The Morgan fingerprint density at radius 3 is 2.19 bits per heavy atom. The summed E-state index contributed by atoms with van der Waals surface area (Å²) in [5.41, 5.74) is 0.00183. The molecule has 0 heterocycles. The molecule has 0 fully saturated rings. The van der Waals surface area contributed by atoms with Crippen LogP contribution in [0.3, 0.4) is 0 Å². The Hall–Kier alpha value is -2.57. The van der Waals surface area contributed by atoms with Crippen LogP contribution in [-0.2, 0) is 19.1 Å². The zero-order chi connectivity index (χ0) is 20.4. The minimum atomic E-state index is -1.000. The van der Waals surface area contributed by atoms with Gasteiger partial charge in [-0.25, -0.2) is 4.79 Å². The number of hydrogen-bond donors (Lipinski definition) is 1. The second kappa shape index (κ2) is 10.5. The highest BCUT2D eigenvalue weighted by atomic mass is 16.6. The number of esters is 1. The second-order valence-electron chi connectivity index (χ2n) is 6.97. The van der Waals surface area contributed by atoms with E-state index in [0.717, 1.165) is 0 Å². The highest BCUT2D eigenvalue weighted by Gasteiger charge is 2.28. The Bertz CT molecular complexity index is 621. The van der Waals surface area contributed by atoms with E-state index in [1.54, 1.807) is 49.9 Å². The Morgan fingerprint density at radius 2 is 1.67 bits per heavy atom. The van der Waals surface area contributed by atoms with Gasteiger partial charge < -0.3 is 19.7 Å². The molecule has 2 amide bonds. The molecule has 150 valence electrons. The summed E-state index contributed by atoms with van der Waals surface area (Å²) in [4.78, 5) is 38.2. The van der Waals surface area contributed by atoms with Gasteiger partial charge >= 0.3 is 12.1 Å². The van der Waals surface area contributed by atoms with Crippen LogP contribution in [0.5, 0.6) is 0 Å². The quantitative estimate of drug-likeness (QED) is 0.703. The fourth-order valence-corrected chi connectivity index (χ4v) is 2.36. The maximum Gasteiger partial charge on any atom is 0.407 e. The van der Waals surface area contributed by atoms with Crippen LogP contribution in [0.25, 0.3) is 0 Å². The van der Waals surface area contributed by atoms with Crippen LogP contribution >= 0.6 is 0 Å². The van der Waals surface area contributed by atoms with Crippen LogP contribution in [0, 0.1) is 0 Å². The molecule has 7 heteroatoms. The summed E-state index contributed by atoms with van der Waals surface area (Å²) in [6.45, 7) is 10.1. The van der Waals surface area contributed by atoms with Gasteiger partial charge in [0.1, 0.15) is 5.60 Å². The van der Waals surface area contributed by atoms with Crippen molar-refractivity contribution in [3.05, 3.63) is 35.9 Å². The van der Waals surface area contributed by atoms with Crippen molar-refractivity contribution >= 4 is 18.0 Å². The molecule has 0 radical (unpaired) electrons.